The Morgan fingerprint density at radius 1 is 1.00 bits per heavy atom. The van der Waals surface area contributed by atoms with Crippen molar-refractivity contribution >= 4 is 50.2 Å². The molecule has 0 amide bonds. The lowest BCUT2D eigenvalue weighted by Crippen LogP contribution is -2.22. The van der Waals surface area contributed by atoms with Gasteiger partial charge in [0.05, 0.1) is 28.2 Å². The van der Waals surface area contributed by atoms with Gasteiger partial charge in [-0.05, 0) is 48.5 Å². The molecule has 0 bridgehead atoms. The second kappa shape index (κ2) is 9.03. The van der Waals surface area contributed by atoms with Crippen LogP contribution in [0.25, 0.3) is 16.6 Å². The van der Waals surface area contributed by atoms with Crippen LogP contribution >= 0.6 is 39.3 Å². The first-order valence-corrected chi connectivity index (χ1v) is 11.1. The fourth-order valence-electron chi connectivity index (χ4n) is 2.88. The van der Waals surface area contributed by atoms with Crippen LogP contribution in [0.5, 0.6) is 5.75 Å². The summed E-state index contributed by atoms with van der Waals surface area (Å²) in [5.41, 5.74) is 1.14. The largest absolute Gasteiger partial charge is 0.493 e. The molecule has 7 heteroatoms. The molecule has 0 saturated heterocycles. The van der Waals surface area contributed by atoms with Gasteiger partial charge in [-0.25, -0.2) is 4.98 Å². The molecule has 4 nitrogen and oxygen atoms in total. The van der Waals surface area contributed by atoms with Gasteiger partial charge in [-0.1, -0.05) is 63.6 Å². The molecule has 1 aromatic heterocycles. The molecule has 29 heavy (non-hydrogen) atoms. The minimum Gasteiger partial charge on any atom is -0.493 e. The molecule has 0 radical (unpaired) electrons. The van der Waals surface area contributed by atoms with Gasteiger partial charge in [-0.15, -0.1) is 0 Å². The minimum atomic E-state index is -0.139. The molecule has 0 aliphatic rings. The van der Waals surface area contributed by atoms with Gasteiger partial charge >= 0.3 is 0 Å². The summed E-state index contributed by atoms with van der Waals surface area (Å²) in [6.45, 7) is 0.484. The number of hydrogen-bond acceptors (Lipinski definition) is 4. The maximum atomic E-state index is 13.2. The van der Waals surface area contributed by atoms with Gasteiger partial charge in [-0.2, -0.15) is 0 Å². The number of ether oxygens (including phenoxy) is 1. The van der Waals surface area contributed by atoms with Crippen molar-refractivity contribution in [1.29, 1.82) is 0 Å². The highest BCUT2D eigenvalue weighted by molar-refractivity contribution is 9.10. The molecule has 4 rings (SSSR count). The minimum absolute atomic E-state index is 0.139. The topological polar surface area (TPSA) is 44.1 Å². The third kappa shape index (κ3) is 4.50. The third-order valence-corrected chi connectivity index (χ3v) is 5.99. The Morgan fingerprint density at radius 3 is 2.52 bits per heavy atom. The van der Waals surface area contributed by atoms with E-state index in [1.165, 1.54) is 11.8 Å². The summed E-state index contributed by atoms with van der Waals surface area (Å²) < 4.78 is 8.37. The summed E-state index contributed by atoms with van der Waals surface area (Å²) in [5.74, 6) is 1.43. The van der Waals surface area contributed by atoms with E-state index >= 15 is 0 Å². The lowest BCUT2D eigenvalue weighted by molar-refractivity contribution is 0.344. The predicted octanol–water partition coefficient (Wildman–Crippen LogP) is 5.97. The van der Waals surface area contributed by atoms with Gasteiger partial charge < -0.3 is 4.74 Å². The van der Waals surface area contributed by atoms with Gasteiger partial charge in [0, 0.05) is 10.2 Å². The van der Waals surface area contributed by atoms with Crippen LogP contribution in [0.2, 0.25) is 5.02 Å². The van der Waals surface area contributed by atoms with Gasteiger partial charge in [0.2, 0.25) is 0 Å². The number of thioether (sulfide) groups is 1. The standard InChI is InChI=1S/C22H16BrClN2O2S/c23-15-9-11-16(12-10-15)28-13-14-29-22-25-19-7-3-1-5-17(19)21(27)26(22)20-8-4-2-6-18(20)24/h1-12H,13-14H2. The molecule has 1 heterocycles. The zero-order chi connectivity index (χ0) is 20.2. The molecule has 0 aliphatic carbocycles. The smallest absolute Gasteiger partial charge is 0.266 e. The lowest BCUT2D eigenvalue weighted by atomic mass is 10.2. The first kappa shape index (κ1) is 20.0. The van der Waals surface area contributed by atoms with Crippen LogP contribution in [-0.2, 0) is 0 Å². The molecule has 3 aromatic carbocycles. The molecule has 0 unspecified atom stereocenters. The van der Waals surface area contributed by atoms with Crippen LogP contribution in [0.15, 0.2) is 87.2 Å². The molecule has 4 aromatic rings. The van der Waals surface area contributed by atoms with E-state index in [4.69, 9.17) is 21.3 Å². The van der Waals surface area contributed by atoms with Crippen molar-refractivity contribution < 1.29 is 4.74 Å². The molecular formula is C22H16BrClN2O2S. The van der Waals surface area contributed by atoms with E-state index in [9.17, 15) is 4.79 Å². The Labute approximate surface area is 185 Å². The Hall–Kier alpha value is -2.28. The van der Waals surface area contributed by atoms with Crippen molar-refractivity contribution in [3.05, 3.63) is 92.6 Å². The highest BCUT2D eigenvalue weighted by atomic mass is 79.9. The summed E-state index contributed by atoms with van der Waals surface area (Å²) in [4.78, 5) is 17.9. The van der Waals surface area contributed by atoms with E-state index < -0.39 is 0 Å². The zero-order valence-electron chi connectivity index (χ0n) is 15.2. The molecule has 0 saturated carbocycles. The highest BCUT2D eigenvalue weighted by Crippen LogP contribution is 2.26. The number of aromatic nitrogens is 2. The van der Waals surface area contributed by atoms with Gasteiger partial charge in [0.1, 0.15) is 5.75 Å². The molecule has 0 spiro atoms. The number of hydrogen-bond donors (Lipinski definition) is 0. The van der Waals surface area contributed by atoms with Crippen molar-refractivity contribution in [2.45, 2.75) is 5.16 Å². The van der Waals surface area contributed by atoms with Crippen molar-refractivity contribution in [3.8, 4) is 11.4 Å². The summed E-state index contributed by atoms with van der Waals surface area (Å²) in [6.07, 6.45) is 0. The number of rotatable bonds is 6. The summed E-state index contributed by atoms with van der Waals surface area (Å²) in [5, 5.41) is 1.64. The second-order valence-corrected chi connectivity index (χ2v) is 8.54. The van der Waals surface area contributed by atoms with Crippen LogP contribution in [-0.4, -0.2) is 21.9 Å². The van der Waals surface area contributed by atoms with E-state index in [0.717, 1.165) is 10.2 Å². The summed E-state index contributed by atoms with van der Waals surface area (Å²) in [6, 6.07) is 22.3. The number of halogens is 2. The van der Waals surface area contributed by atoms with E-state index in [-0.39, 0.29) is 5.56 Å². The van der Waals surface area contributed by atoms with Gasteiger partial charge in [-0.3, -0.25) is 9.36 Å². The molecule has 0 fully saturated rings. The van der Waals surface area contributed by atoms with Crippen LogP contribution < -0.4 is 10.3 Å². The Balaban J connectivity index is 1.64. The van der Waals surface area contributed by atoms with Gasteiger partial charge in [0.15, 0.2) is 5.16 Å². The summed E-state index contributed by atoms with van der Waals surface area (Å²) >= 11 is 11.3. The van der Waals surface area contributed by atoms with E-state index in [0.29, 0.717) is 39.1 Å². The monoisotopic (exact) mass is 486 g/mol. The molecule has 0 aliphatic heterocycles. The van der Waals surface area contributed by atoms with Crippen LogP contribution in [0.3, 0.4) is 0 Å². The van der Waals surface area contributed by atoms with E-state index in [1.807, 2.05) is 60.7 Å². The molecule has 0 atom stereocenters. The van der Waals surface area contributed by atoms with Crippen LogP contribution in [0.4, 0.5) is 0 Å². The van der Waals surface area contributed by atoms with Gasteiger partial charge in [0.25, 0.3) is 5.56 Å². The predicted molar refractivity (Wildman–Crippen MR) is 123 cm³/mol. The Kier molecular flexibility index (Phi) is 6.23. The summed E-state index contributed by atoms with van der Waals surface area (Å²) in [7, 11) is 0. The first-order valence-electron chi connectivity index (χ1n) is 8.91. The fourth-order valence-corrected chi connectivity index (χ4v) is 4.19. The highest BCUT2D eigenvalue weighted by Gasteiger charge is 2.15. The number of benzene rings is 3. The maximum absolute atomic E-state index is 13.2. The lowest BCUT2D eigenvalue weighted by Gasteiger charge is -2.14. The van der Waals surface area contributed by atoms with Crippen molar-refractivity contribution in [2.75, 3.05) is 12.4 Å². The van der Waals surface area contributed by atoms with E-state index in [1.54, 1.807) is 16.7 Å². The number of para-hydroxylation sites is 2. The quantitative estimate of drug-likeness (QED) is 0.191. The number of nitrogens with zero attached hydrogens (tertiary/aromatic N) is 2. The number of fused-ring (bicyclic) bond motifs is 1. The van der Waals surface area contributed by atoms with Crippen molar-refractivity contribution in [1.82, 2.24) is 9.55 Å². The van der Waals surface area contributed by atoms with Crippen molar-refractivity contribution in [2.24, 2.45) is 0 Å². The molecular weight excluding hydrogens is 472 g/mol. The fraction of sp³-hybridized carbons (Fsp3) is 0.0909. The molecule has 146 valence electrons. The SMILES string of the molecule is O=c1c2ccccc2nc(SCCOc2ccc(Br)cc2)n1-c1ccccc1Cl. The van der Waals surface area contributed by atoms with Crippen LogP contribution in [0.1, 0.15) is 0 Å². The Bertz CT molecular complexity index is 1210. The molecule has 0 N–H and O–H groups in total. The third-order valence-electron chi connectivity index (χ3n) is 4.24. The average Bonchev–Trinajstić information content (AvgIpc) is 2.74. The van der Waals surface area contributed by atoms with Crippen molar-refractivity contribution in [3.63, 3.8) is 0 Å². The average molecular weight is 488 g/mol. The van der Waals surface area contributed by atoms with E-state index in [2.05, 4.69) is 15.9 Å². The second-order valence-electron chi connectivity index (χ2n) is 6.15. The maximum Gasteiger partial charge on any atom is 0.266 e. The zero-order valence-corrected chi connectivity index (χ0v) is 18.4. The Morgan fingerprint density at radius 2 is 1.72 bits per heavy atom. The first-order chi connectivity index (χ1) is 14.1. The normalized spacial score (nSPS) is 11.0. The van der Waals surface area contributed by atoms with Crippen LogP contribution in [0, 0.1) is 0 Å².